The number of hydrogen-bond donors (Lipinski definition) is 0. The van der Waals surface area contributed by atoms with Crippen molar-refractivity contribution in [1.82, 2.24) is 0 Å². The average Bonchev–Trinajstić information content (AvgIpc) is 3.15. The number of para-hydroxylation sites is 2. The lowest BCUT2D eigenvalue weighted by Gasteiger charge is -2.20. The van der Waals surface area contributed by atoms with Gasteiger partial charge < -0.3 is 0 Å². The summed E-state index contributed by atoms with van der Waals surface area (Å²) in [4.78, 5) is 33.3. The molecule has 0 unspecified atom stereocenters. The summed E-state index contributed by atoms with van der Waals surface area (Å²) in [5.74, 6) is -1.16. The number of anilines is 1. The molecule has 0 saturated heterocycles. The van der Waals surface area contributed by atoms with E-state index in [1.54, 1.807) is 0 Å². The maximum atomic E-state index is 13.5. The Kier molecular flexibility index (Phi) is 5.48. The lowest BCUT2D eigenvalue weighted by atomic mass is 9.96. The van der Waals surface area contributed by atoms with Gasteiger partial charge in [-0.1, -0.05) is 97.1 Å². The van der Waals surface area contributed by atoms with Crippen LogP contribution in [0, 0.1) is 0 Å². The second-order valence-corrected chi connectivity index (χ2v) is 7.56. The summed E-state index contributed by atoms with van der Waals surface area (Å²) >= 11 is 0. The van der Waals surface area contributed by atoms with E-state index in [1.165, 1.54) is 4.90 Å². The fraction of sp³-hybridized carbons (Fsp3) is 0. The molecular weight excluding hydrogens is 408 g/mol. The largest absolute Gasteiger partial charge is 0.304 e. The first-order chi connectivity index (χ1) is 16.2. The van der Waals surface area contributed by atoms with Gasteiger partial charge in [0.25, 0.3) is 5.78 Å². The molecule has 4 heteroatoms. The second kappa shape index (κ2) is 8.89. The third-order valence-corrected chi connectivity index (χ3v) is 5.43. The van der Waals surface area contributed by atoms with Crippen LogP contribution in [0.2, 0.25) is 0 Å². The highest BCUT2D eigenvalue weighted by Gasteiger charge is 2.42. The van der Waals surface area contributed by atoms with Gasteiger partial charge in [0.1, 0.15) is 0 Å². The number of aliphatic imine (C=N–C) groups is 1. The molecule has 4 aromatic rings. The maximum Gasteiger partial charge on any atom is 0.304 e. The first-order valence-electron chi connectivity index (χ1n) is 10.7. The van der Waals surface area contributed by atoms with Gasteiger partial charge in [0.15, 0.2) is 0 Å². The average molecular weight is 428 g/mol. The van der Waals surface area contributed by atoms with Gasteiger partial charge in [-0.15, -0.1) is 0 Å². The van der Waals surface area contributed by atoms with E-state index in [0.29, 0.717) is 28.4 Å². The molecule has 0 spiro atoms. The van der Waals surface area contributed by atoms with Gasteiger partial charge in [0.2, 0.25) is 0 Å². The number of rotatable bonds is 5. The topological polar surface area (TPSA) is 49.7 Å². The van der Waals surface area contributed by atoms with Crippen molar-refractivity contribution < 1.29 is 9.59 Å². The van der Waals surface area contributed by atoms with Crippen molar-refractivity contribution in [1.29, 1.82) is 0 Å². The van der Waals surface area contributed by atoms with Crippen molar-refractivity contribution in [2.24, 2.45) is 4.99 Å². The molecule has 0 N–H and O–H groups in total. The molecule has 33 heavy (non-hydrogen) atoms. The molecule has 0 aromatic heterocycles. The van der Waals surface area contributed by atoms with E-state index >= 15 is 0 Å². The van der Waals surface area contributed by atoms with Crippen molar-refractivity contribution >= 4 is 34.5 Å². The molecule has 4 nitrogen and oxygen atoms in total. The predicted molar refractivity (Wildman–Crippen MR) is 131 cm³/mol. The summed E-state index contributed by atoms with van der Waals surface area (Å²) < 4.78 is 0. The van der Waals surface area contributed by atoms with Crippen LogP contribution in [0.5, 0.6) is 0 Å². The van der Waals surface area contributed by atoms with Crippen LogP contribution in [0.25, 0.3) is 5.70 Å². The van der Waals surface area contributed by atoms with Crippen LogP contribution in [0.4, 0.5) is 11.4 Å². The fourth-order valence-corrected chi connectivity index (χ4v) is 3.93. The van der Waals surface area contributed by atoms with Crippen molar-refractivity contribution in [3.63, 3.8) is 0 Å². The first kappa shape index (κ1) is 20.3. The third-order valence-electron chi connectivity index (χ3n) is 5.43. The van der Waals surface area contributed by atoms with E-state index in [9.17, 15) is 9.59 Å². The van der Waals surface area contributed by atoms with Gasteiger partial charge in [0.05, 0.1) is 22.7 Å². The lowest BCUT2D eigenvalue weighted by molar-refractivity contribution is -0.132. The third kappa shape index (κ3) is 3.90. The van der Waals surface area contributed by atoms with Crippen molar-refractivity contribution in [2.45, 2.75) is 0 Å². The fourth-order valence-electron chi connectivity index (χ4n) is 3.93. The molecule has 0 radical (unpaired) electrons. The molecule has 1 amide bonds. The Bertz CT molecular complexity index is 1360. The van der Waals surface area contributed by atoms with Crippen LogP contribution in [0.3, 0.4) is 0 Å². The molecule has 5 rings (SSSR count). The van der Waals surface area contributed by atoms with Gasteiger partial charge in [-0.25, -0.2) is 4.99 Å². The van der Waals surface area contributed by atoms with Crippen LogP contribution in [0.15, 0.2) is 132 Å². The maximum absolute atomic E-state index is 13.5. The zero-order chi connectivity index (χ0) is 22.6. The first-order valence-corrected chi connectivity index (χ1v) is 10.7. The quantitative estimate of drug-likeness (QED) is 0.296. The lowest BCUT2D eigenvalue weighted by Crippen LogP contribution is -2.28. The number of benzene rings is 4. The van der Waals surface area contributed by atoms with Crippen molar-refractivity contribution in [3.8, 4) is 0 Å². The number of hydrogen-bond acceptors (Lipinski definition) is 3. The van der Waals surface area contributed by atoms with Crippen molar-refractivity contribution in [2.75, 3.05) is 4.90 Å². The Morgan fingerprint density at radius 1 is 0.606 bits per heavy atom. The molecule has 158 valence electrons. The van der Waals surface area contributed by atoms with Gasteiger partial charge in [-0.3, -0.25) is 14.5 Å². The van der Waals surface area contributed by atoms with Gasteiger partial charge in [-0.05, 0) is 29.8 Å². The van der Waals surface area contributed by atoms with E-state index in [4.69, 9.17) is 4.99 Å². The molecular formula is C29H20N2O2. The number of amides is 1. The molecule has 0 aliphatic carbocycles. The Balaban J connectivity index is 1.83. The molecule has 0 atom stereocenters. The minimum absolute atomic E-state index is 0.296. The summed E-state index contributed by atoms with van der Waals surface area (Å²) in [6, 6.07) is 37.7. The Labute approximate surface area is 192 Å². The molecule has 0 bridgehead atoms. The minimum atomic E-state index is -0.591. The standard InChI is InChI=1S/C29H20N2O2/c32-28-25(26(21-13-5-1-6-14-21)30-23-17-9-3-10-18-23)27(22-15-7-2-8-16-22)31(29(28)33)24-19-11-4-12-20-24/h1-20H. The van der Waals surface area contributed by atoms with E-state index in [-0.39, 0.29) is 0 Å². The Hall–Kier alpha value is -4.57. The van der Waals surface area contributed by atoms with Crippen LogP contribution < -0.4 is 4.90 Å². The SMILES string of the molecule is O=C1C(=O)N(c2ccccc2)C(c2ccccc2)=C1C(=Nc1ccccc1)c1ccccc1. The highest BCUT2D eigenvalue weighted by molar-refractivity contribution is 6.61. The summed E-state index contributed by atoms with van der Waals surface area (Å²) in [7, 11) is 0. The number of carbonyl (C=O) groups excluding carboxylic acids is 2. The monoisotopic (exact) mass is 428 g/mol. The predicted octanol–water partition coefficient (Wildman–Crippen LogP) is 5.83. The minimum Gasteiger partial charge on any atom is -0.283 e. The van der Waals surface area contributed by atoms with Gasteiger partial charge >= 0.3 is 5.91 Å². The highest BCUT2D eigenvalue weighted by Crippen LogP contribution is 2.37. The Morgan fingerprint density at radius 3 is 1.73 bits per heavy atom. The highest BCUT2D eigenvalue weighted by atomic mass is 16.2. The van der Waals surface area contributed by atoms with E-state index in [1.807, 2.05) is 121 Å². The zero-order valence-electron chi connectivity index (χ0n) is 17.8. The molecule has 4 aromatic carbocycles. The Morgan fingerprint density at radius 2 is 1.12 bits per heavy atom. The van der Waals surface area contributed by atoms with E-state index < -0.39 is 11.7 Å². The number of Topliss-reactive ketones (excluding diaryl/α,β-unsaturated/α-hetero) is 1. The summed E-state index contributed by atoms with van der Waals surface area (Å²) in [5.41, 5.74) is 4.18. The summed E-state index contributed by atoms with van der Waals surface area (Å²) in [6.07, 6.45) is 0. The van der Waals surface area contributed by atoms with Crippen LogP contribution in [-0.2, 0) is 9.59 Å². The van der Waals surface area contributed by atoms with Crippen LogP contribution >= 0.6 is 0 Å². The van der Waals surface area contributed by atoms with Crippen LogP contribution in [0.1, 0.15) is 11.1 Å². The number of carbonyl (C=O) groups is 2. The molecule has 0 saturated carbocycles. The molecule has 1 heterocycles. The molecule has 0 fully saturated rings. The van der Waals surface area contributed by atoms with Gasteiger partial charge in [-0.2, -0.15) is 0 Å². The van der Waals surface area contributed by atoms with Crippen LogP contribution in [-0.4, -0.2) is 17.4 Å². The summed E-state index contributed by atoms with van der Waals surface area (Å²) in [6.45, 7) is 0. The number of ketones is 1. The smallest absolute Gasteiger partial charge is 0.283 e. The second-order valence-electron chi connectivity index (χ2n) is 7.56. The van der Waals surface area contributed by atoms with Gasteiger partial charge in [0, 0.05) is 11.3 Å². The molecule has 1 aliphatic rings. The van der Waals surface area contributed by atoms with E-state index in [2.05, 4.69) is 0 Å². The van der Waals surface area contributed by atoms with E-state index in [0.717, 1.165) is 11.1 Å². The normalized spacial score (nSPS) is 14.2. The molecule has 1 aliphatic heterocycles. The van der Waals surface area contributed by atoms with Crippen molar-refractivity contribution in [3.05, 3.63) is 138 Å². The zero-order valence-corrected chi connectivity index (χ0v) is 17.8. The number of nitrogens with zero attached hydrogens (tertiary/aromatic N) is 2. The summed E-state index contributed by atoms with van der Waals surface area (Å²) in [5, 5.41) is 0.